The Labute approximate surface area is 123 Å². The van der Waals surface area contributed by atoms with E-state index < -0.39 is 0 Å². The summed E-state index contributed by atoms with van der Waals surface area (Å²) in [5, 5.41) is 0.789. The second-order valence-electron chi connectivity index (χ2n) is 4.51. The number of benzene rings is 1. The van der Waals surface area contributed by atoms with Crippen molar-refractivity contribution in [1.29, 1.82) is 0 Å². The molecule has 1 aromatic carbocycles. The molecule has 2 rings (SSSR count). The Kier molecular flexibility index (Phi) is 5.37. The Bertz CT molecular complexity index is 513. The fraction of sp³-hybridized carbons (Fsp3) is 0.333. The molecule has 0 saturated carbocycles. The van der Waals surface area contributed by atoms with Crippen LogP contribution in [0.15, 0.2) is 45.9 Å². The van der Waals surface area contributed by atoms with Crippen molar-refractivity contribution in [1.82, 2.24) is 0 Å². The molecule has 4 heteroatoms. The smallest absolute Gasteiger partial charge is 0.113 e. The molecule has 19 heavy (non-hydrogen) atoms. The molecule has 0 amide bonds. The van der Waals surface area contributed by atoms with Crippen molar-refractivity contribution in [3.05, 3.63) is 52.9 Å². The molecule has 0 aliphatic carbocycles. The zero-order chi connectivity index (χ0) is 13.7. The van der Waals surface area contributed by atoms with Gasteiger partial charge in [0, 0.05) is 10.9 Å². The summed E-state index contributed by atoms with van der Waals surface area (Å²) in [7, 11) is 0. The molecule has 0 fully saturated rings. The molecule has 1 aromatic heterocycles. The van der Waals surface area contributed by atoms with E-state index in [0.29, 0.717) is 0 Å². The minimum absolute atomic E-state index is 0.206. The van der Waals surface area contributed by atoms with Crippen LogP contribution in [0.4, 0.5) is 0 Å². The number of nitrogens with two attached hydrogens (primary N) is 1. The Morgan fingerprint density at radius 2 is 2.21 bits per heavy atom. The van der Waals surface area contributed by atoms with Gasteiger partial charge in [0.15, 0.2) is 0 Å². The molecule has 0 bridgehead atoms. The van der Waals surface area contributed by atoms with Gasteiger partial charge in [-0.2, -0.15) is 0 Å². The highest BCUT2D eigenvalue weighted by Gasteiger charge is 2.07. The van der Waals surface area contributed by atoms with Crippen molar-refractivity contribution in [2.24, 2.45) is 5.73 Å². The highest BCUT2D eigenvalue weighted by Crippen LogP contribution is 2.30. The number of rotatable bonds is 6. The van der Waals surface area contributed by atoms with E-state index in [1.165, 1.54) is 5.56 Å². The van der Waals surface area contributed by atoms with Crippen molar-refractivity contribution in [2.45, 2.75) is 36.5 Å². The van der Waals surface area contributed by atoms with Crippen molar-refractivity contribution in [3.63, 3.8) is 0 Å². The summed E-state index contributed by atoms with van der Waals surface area (Å²) >= 11 is 7.99. The van der Waals surface area contributed by atoms with Gasteiger partial charge in [-0.3, -0.25) is 0 Å². The lowest BCUT2D eigenvalue weighted by atomic mass is 10.1. The second kappa shape index (κ2) is 7.04. The molecule has 0 saturated heterocycles. The number of halogens is 1. The van der Waals surface area contributed by atoms with Crippen LogP contribution in [-0.2, 0) is 12.2 Å². The molecule has 0 aliphatic heterocycles. The van der Waals surface area contributed by atoms with Gasteiger partial charge in [-0.15, -0.1) is 11.8 Å². The predicted octanol–water partition coefficient (Wildman–Crippen LogP) is 4.51. The van der Waals surface area contributed by atoms with E-state index >= 15 is 0 Å². The lowest BCUT2D eigenvalue weighted by molar-refractivity contribution is 0.530. The minimum Gasteiger partial charge on any atom is -0.468 e. The fourth-order valence-electron chi connectivity index (χ4n) is 1.78. The van der Waals surface area contributed by atoms with Crippen LogP contribution in [0.2, 0.25) is 5.02 Å². The van der Waals surface area contributed by atoms with Crippen LogP contribution in [0.3, 0.4) is 0 Å². The van der Waals surface area contributed by atoms with E-state index in [-0.39, 0.29) is 6.04 Å². The quantitative estimate of drug-likeness (QED) is 0.797. The Hall–Kier alpha value is -0.900. The summed E-state index contributed by atoms with van der Waals surface area (Å²) in [5.74, 6) is 1.75. The standard InChI is InChI=1S/C15H18ClNOS/c1-2-12(17)8-11-5-6-15(14(16)9-11)19-10-13-4-3-7-18-13/h3-7,9,12H,2,8,10,17H2,1H3. The zero-order valence-electron chi connectivity index (χ0n) is 10.9. The molecule has 0 aliphatic rings. The first-order valence-corrected chi connectivity index (χ1v) is 7.74. The molecule has 1 heterocycles. The highest BCUT2D eigenvalue weighted by molar-refractivity contribution is 7.98. The molecule has 1 atom stereocenters. The van der Waals surface area contributed by atoms with Gasteiger partial charge in [0.2, 0.25) is 0 Å². The molecule has 2 nitrogen and oxygen atoms in total. The summed E-state index contributed by atoms with van der Waals surface area (Å²) < 4.78 is 5.31. The first kappa shape index (κ1) is 14.5. The first-order valence-electron chi connectivity index (χ1n) is 6.38. The lowest BCUT2D eigenvalue weighted by Gasteiger charge is -2.10. The molecule has 102 valence electrons. The third-order valence-corrected chi connectivity index (χ3v) is 4.49. The lowest BCUT2D eigenvalue weighted by Crippen LogP contribution is -2.21. The molecule has 0 radical (unpaired) electrons. The van der Waals surface area contributed by atoms with Gasteiger partial charge >= 0.3 is 0 Å². The molecule has 1 unspecified atom stereocenters. The van der Waals surface area contributed by atoms with Crippen LogP contribution < -0.4 is 5.73 Å². The van der Waals surface area contributed by atoms with Crippen LogP contribution in [-0.4, -0.2) is 6.04 Å². The van der Waals surface area contributed by atoms with E-state index in [2.05, 4.69) is 19.1 Å². The summed E-state index contributed by atoms with van der Waals surface area (Å²) in [6.07, 6.45) is 3.54. The van der Waals surface area contributed by atoms with E-state index in [1.54, 1.807) is 18.0 Å². The summed E-state index contributed by atoms with van der Waals surface area (Å²) in [5.41, 5.74) is 7.15. The number of thioether (sulfide) groups is 1. The average molecular weight is 296 g/mol. The second-order valence-corrected chi connectivity index (χ2v) is 5.93. The van der Waals surface area contributed by atoms with Gasteiger partial charge < -0.3 is 10.2 Å². The third kappa shape index (κ3) is 4.30. The van der Waals surface area contributed by atoms with Crippen molar-refractivity contribution in [2.75, 3.05) is 0 Å². The maximum Gasteiger partial charge on any atom is 0.113 e. The number of hydrogen-bond acceptors (Lipinski definition) is 3. The van der Waals surface area contributed by atoms with Gasteiger partial charge in [0.1, 0.15) is 5.76 Å². The molecule has 2 N–H and O–H groups in total. The summed E-state index contributed by atoms with van der Waals surface area (Å²) in [6, 6.07) is 10.3. The van der Waals surface area contributed by atoms with Gasteiger partial charge in [0.05, 0.1) is 17.0 Å². The Morgan fingerprint density at radius 3 is 2.84 bits per heavy atom. The summed E-state index contributed by atoms with van der Waals surface area (Å²) in [4.78, 5) is 1.08. The molecule has 0 spiro atoms. The third-order valence-electron chi connectivity index (χ3n) is 2.97. The van der Waals surface area contributed by atoms with Crippen LogP contribution in [0.1, 0.15) is 24.7 Å². The van der Waals surface area contributed by atoms with E-state index in [4.69, 9.17) is 21.8 Å². The van der Waals surface area contributed by atoms with Crippen LogP contribution in [0.5, 0.6) is 0 Å². The van der Waals surface area contributed by atoms with E-state index in [0.717, 1.165) is 34.3 Å². The summed E-state index contributed by atoms with van der Waals surface area (Å²) in [6.45, 7) is 2.10. The first-order chi connectivity index (χ1) is 9.19. The van der Waals surface area contributed by atoms with E-state index in [1.807, 2.05) is 18.2 Å². The average Bonchev–Trinajstić information content (AvgIpc) is 2.91. The van der Waals surface area contributed by atoms with Crippen molar-refractivity contribution >= 4 is 23.4 Å². The zero-order valence-corrected chi connectivity index (χ0v) is 12.5. The monoisotopic (exact) mass is 295 g/mol. The molecular weight excluding hydrogens is 278 g/mol. The Balaban J connectivity index is 1.98. The van der Waals surface area contributed by atoms with Gasteiger partial charge in [-0.05, 0) is 42.7 Å². The number of hydrogen-bond donors (Lipinski definition) is 1. The maximum absolute atomic E-state index is 6.30. The molecule has 2 aromatic rings. The van der Waals surface area contributed by atoms with Crippen LogP contribution in [0.25, 0.3) is 0 Å². The van der Waals surface area contributed by atoms with Gasteiger partial charge in [-0.25, -0.2) is 0 Å². The van der Waals surface area contributed by atoms with E-state index in [9.17, 15) is 0 Å². The van der Waals surface area contributed by atoms with Gasteiger partial charge in [0.25, 0.3) is 0 Å². The largest absolute Gasteiger partial charge is 0.468 e. The predicted molar refractivity (Wildman–Crippen MR) is 81.7 cm³/mol. The van der Waals surface area contributed by atoms with Gasteiger partial charge in [-0.1, -0.05) is 24.6 Å². The van der Waals surface area contributed by atoms with Crippen molar-refractivity contribution in [3.8, 4) is 0 Å². The normalized spacial score (nSPS) is 12.6. The number of furan rings is 1. The SMILES string of the molecule is CCC(N)Cc1ccc(SCc2ccco2)c(Cl)c1. The fourth-order valence-corrected chi connectivity index (χ4v) is 2.97. The molecular formula is C15H18ClNOS. The Morgan fingerprint density at radius 1 is 1.37 bits per heavy atom. The van der Waals surface area contributed by atoms with Crippen molar-refractivity contribution < 1.29 is 4.42 Å². The topological polar surface area (TPSA) is 39.2 Å². The minimum atomic E-state index is 0.206. The maximum atomic E-state index is 6.30. The van der Waals surface area contributed by atoms with Crippen LogP contribution >= 0.6 is 23.4 Å². The highest BCUT2D eigenvalue weighted by atomic mass is 35.5. The van der Waals surface area contributed by atoms with Crippen LogP contribution in [0, 0.1) is 0 Å².